The average Bonchev–Trinajstić information content (AvgIpc) is 2.98. The Hall–Kier alpha value is -2.76. The summed E-state index contributed by atoms with van der Waals surface area (Å²) in [7, 11) is 0. The van der Waals surface area contributed by atoms with Crippen LogP contribution in [-0.2, 0) is 6.42 Å². The number of aryl methyl sites for hydroxylation is 1. The van der Waals surface area contributed by atoms with Crippen molar-refractivity contribution in [2.24, 2.45) is 0 Å². The number of anilines is 1. The minimum Gasteiger partial charge on any atom is -0.366 e. The van der Waals surface area contributed by atoms with Crippen molar-refractivity contribution in [2.75, 3.05) is 11.9 Å². The number of aromatic nitrogens is 5. The van der Waals surface area contributed by atoms with Crippen LogP contribution in [-0.4, -0.2) is 31.1 Å². The van der Waals surface area contributed by atoms with Crippen LogP contribution in [0.3, 0.4) is 0 Å². The van der Waals surface area contributed by atoms with Gasteiger partial charge in [0, 0.05) is 36.3 Å². The standard InChI is InChI=1S/C16H18N6/c1-3-6-13-10-14(18-8-4-2)22-16(19-13)20-15(21-22)12-7-5-9-17-11-12/h4-5,7,9-11,18H,2-3,6,8H2,1H3. The summed E-state index contributed by atoms with van der Waals surface area (Å²) in [6.07, 6.45) is 7.24. The summed E-state index contributed by atoms with van der Waals surface area (Å²) in [6.45, 7) is 6.53. The SMILES string of the molecule is C=CCNc1cc(CCC)nc2nc(-c3cccnc3)nn12. The number of nitrogens with one attached hydrogen (secondary N) is 1. The van der Waals surface area contributed by atoms with E-state index in [1.54, 1.807) is 16.9 Å². The largest absolute Gasteiger partial charge is 0.366 e. The van der Waals surface area contributed by atoms with Crippen LogP contribution in [0.5, 0.6) is 0 Å². The van der Waals surface area contributed by atoms with Crippen molar-refractivity contribution in [1.82, 2.24) is 24.6 Å². The second-order valence-electron chi connectivity index (χ2n) is 4.94. The predicted octanol–water partition coefficient (Wildman–Crippen LogP) is 2.74. The lowest BCUT2D eigenvalue weighted by atomic mass is 10.2. The molecular weight excluding hydrogens is 276 g/mol. The van der Waals surface area contributed by atoms with E-state index in [0.717, 1.165) is 29.9 Å². The third-order valence-electron chi connectivity index (χ3n) is 3.22. The fourth-order valence-electron chi connectivity index (χ4n) is 2.22. The Bertz CT molecular complexity index is 778. The Kier molecular flexibility index (Phi) is 4.09. The van der Waals surface area contributed by atoms with Gasteiger partial charge in [-0.15, -0.1) is 11.7 Å². The van der Waals surface area contributed by atoms with Crippen LogP contribution >= 0.6 is 0 Å². The van der Waals surface area contributed by atoms with Crippen molar-refractivity contribution in [3.63, 3.8) is 0 Å². The van der Waals surface area contributed by atoms with Crippen molar-refractivity contribution in [3.05, 3.63) is 48.9 Å². The van der Waals surface area contributed by atoms with E-state index in [0.29, 0.717) is 18.1 Å². The van der Waals surface area contributed by atoms with Gasteiger partial charge in [-0.1, -0.05) is 19.4 Å². The van der Waals surface area contributed by atoms with E-state index in [9.17, 15) is 0 Å². The topological polar surface area (TPSA) is 68.0 Å². The fourth-order valence-corrected chi connectivity index (χ4v) is 2.22. The van der Waals surface area contributed by atoms with E-state index in [-0.39, 0.29) is 0 Å². The lowest BCUT2D eigenvalue weighted by Gasteiger charge is -2.07. The molecule has 3 aromatic rings. The molecule has 3 aromatic heterocycles. The summed E-state index contributed by atoms with van der Waals surface area (Å²) < 4.78 is 1.73. The molecule has 6 heteroatoms. The Balaban J connectivity index is 2.10. The first-order chi connectivity index (χ1) is 10.8. The van der Waals surface area contributed by atoms with Gasteiger partial charge in [-0.2, -0.15) is 9.50 Å². The van der Waals surface area contributed by atoms with Crippen LogP contribution < -0.4 is 5.32 Å². The minimum atomic E-state index is 0.594. The Morgan fingerprint density at radius 1 is 1.36 bits per heavy atom. The summed E-state index contributed by atoms with van der Waals surface area (Å²) in [5.74, 6) is 2.09. The van der Waals surface area contributed by atoms with E-state index in [4.69, 9.17) is 0 Å². The van der Waals surface area contributed by atoms with Gasteiger partial charge in [0.15, 0.2) is 5.82 Å². The molecule has 3 rings (SSSR count). The first kappa shape index (κ1) is 14.2. The van der Waals surface area contributed by atoms with E-state index in [1.165, 1.54) is 0 Å². The summed E-state index contributed by atoms with van der Waals surface area (Å²) in [5.41, 5.74) is 1.88. The normalized spacial score (nSPS) is 10.8. The van der Waals surface area contributed by atoms with E-state index >= 15 is 0 Å². The summed E-state index contributed by atoms with van der Waals surface area (Å²) in [4.78, 5) is 13.2. The molecule has 0 fully saturated rings. The van der Waals surface area contributed by atoms with Crippen LogP contribution in [0.25, 0.3) is 17.2 Å². The molecular formula is C16H18N6. The van der Waals surface area contributed by atoms with Crippen LogP contribution in [0.1, 0.15) is 19.0 Å². The van der Waals surface area contributed by atoms with Gasteiger partial charge in [0.1, 0.15) is 5.82 Å². The zero-order valence-electron chi connectivity index (χ0n) is 12.5. The molecule has 0 amide bonds. The first-order valence-electron chi connectivity index (χ1n) is 7.33. The van der Waals surface area contributed by atoms with E-state index < -0.39 is 0 Å². The number of nitrogens with zero attached hydrogens (tertiary/aromatic N) is 5. The number of hydrogen-bond acceptors (Lipinski definition) is 5. The predicted molar refractivity (Wildman–Crippen MR) is 86.7 cm³/mol. The maximum Gasteiger partial charge on any atom is 0.254 e. The smallest absolute Gasteiger partial charge is 0.254 e. The second-order valence-corrected chi connectivity index (χ2v) is 4.94. The van der Waals surface area contributed by atoms with Gasteiger partial charge in [-0.25, -0.2) is 4.98 Å². The maximum atomic E-state index is 4.58. The van der Waals surface area contributed by atoms with Gasteiger partial charge in [-0.05, 0) is 18.6 Å². The first-order valence-corrected chi connectivity index (χ1v) is 7.33. The quantitative estimate of drug-likeness (QED) is 0.708. The minimum absolute atomic E-state index is 0.594. The van der Waals surface area contributed by atoms with Crippen LogP contribution in [0, 0.1) is 0 Å². The molecule has 112 valence electrons. The molecule has 0 saturated heterocycles. The Morgan fingerprint density at radius 3 is 3.00 bits per heavy atom. The molecule has 1 N–H and O–H groups in total. The third-order valence-corrected chi connectivity index (χ3v) is 3.22. The second kappa shape index (κ2) is 6.34. The summed E-state index contributed by atoms with van der Waals surface area (Å²) >= 11 is 0. The highest BCUT2D eigenvalue weighted by Crippen LogP contribution is 2.18. The number of hydrogen-bond donors (Lipinski definition) is 1. The molecule has 0 aromatic carbocycles. The van der Waals surface area contributed by atoms with Crippen LogP contribution in [0.4, 0.5) is 5.82 Å². The number of pyridine rings is 1. The summed E-state index contributed by atoms with van der Waals surface area (Å²) in [6, 6.07) is 5.82. The molecule has 0 atom stereocenters. The van der Waals surface area contributed by atoms with Crippen LogP contribution in [0.15, 0.2) is 43.2 Å². The third kappa shape index (κ3) is 2.81. The van der Waals surface area contributed by atoms with Gasteiger partial charge < -0.3 is 5.32 Å². The maximum absolute atomic E-state index is 4.58. The Labute approximate surface area is 129 Å². The Morgan fingerprint density at radius 2 is 2.27 bits per heavy atom. The molecule has 0 unspecified atom stereocenters. The highest BCUT2D eigenvalue weighted by molar-refractivity contribution is 5.57. The molecule has 22 heavy (non-hydrogen) atoms. The number of fused-ring (bicyclic) bond motifs is 1. The lowest BCUT2D eigenvalue weighted by Crippen LogP contribution is -2.07. The zero-order valence-corrected chi connectivity index (χ0v) is 12.5. The van der Waals surface area contributed by atoms with Gasteiger partial charge in [-0.3, -0.25) is 4.98 Å². The van der Waals surface area contributed by atoms with Crippen molar-refractivity contribution in [3.8, 4) is 11.4 Å². The molecule has 0 aliphatic carbocycles. The summed E-state index contributed by atoms with van der Waals surface area (Å²) in [5, 5.41) is 7.83. The average molecular weight is 294 g/mol. The van der Waals surface area contributed by atoms with Crippen LogP contribution in [0.2, 0.25) is 0 Å². The molecule has 6 nitrogen and oxygen atoms in total. The van der Waals surface area contributed by atoms with Crippen molar-refractivity contribution in [1.29, 1.82) is 0 Å². The molecule has 0 spiro atoms. The van der Waals surface area contributed by atoms with Gasteiger partial charge in [0.2, 0.25) is 0 Å². The molecule has 3 heterocycles. The van der Waals surface area contributed by atoms with Gasteiger partial charge >= 0.3 is 0 Å². The van der Waals surface area contributed by atoms with Gasteiger partial charge in [0.25, 0.3) is 5.78 Å². The van der Waals surface area contributed by atoms with Crippen molar-refractivity contribution >= 4 is 11.6 Å². The lowest BCUT2D eigenvalue weighted by molar-refractivity contribution is 0.858. The zero-order chi connectivity index (χ0) is 15.4. The van der Waals surface area contributed by atoms with Crippen molar-refractivity contribution in [2.45, 2.75) is 19.8 Å². The molecule has 0 aliphatic rings. The molecule has 0 saturated carbocycles. The van der Waals surface area contributed by atoms with Crippen molar-refractivity contribution < 1.29 is 0 Å². The monoisotopic (exact) mass is 294 g/mol. The van der Waals surface area contributed by atoms with Gasteiger partial charge in [0.05, 0.1) is 0 Å². The fraction of sp³-hybridized carbons (Fsp3) is 0.250. The van der Waals surface area contributed by atoms with E-state index in [1.807, 2.05) is 24.3 Å². The highest BCUT2D eigenvalue weighted by Gasteiger charge is 2.12. The molecule has 0 aliphatic heterocycles. The molecule has 0 bridgehead atoms. The molecule has 0 radical (unpaired) electrons. The number of rotatable bonds is 6. The van der Waals surface area contributed by atoms with E-state index in [2.05, 4.69) is 38.9 Å². The highest BCUT2D eigenvalue weighted by atomic mass is 15.4.